The van der Waals surface area contributed by atoms with Crippen molar-refractivity contribution in [2.45, 2.75) is 71.2 Å². The third-order valence-corrected chi connectivity index (χ3v) is 8.77. The lowest BCUT2D eigenvalue weighted by Gasteiger charge is -2.38. The molecule has 2 unspecified atom stereocenters. The summed E-state index contributed by atoms with van der Waals surface area (Å²) in [5, 5.41) is 16.4. The van der Waals surface area contributed by atoms with Gasteiger partial charge in [0.25, 0.3) is 0 Å². The Morgan fingerprint density at radius 3 is 2.38 bits per heavy atom. The fourth-order valence-corrected chi connectivity index (χ4v) is 6.90. The minimum Gasteiger partial charge on any atom is -0.494 e. The SMILES string of the molecule is CCOc1ccc(NC(=O)[C@@H]2[C@H]3C(=O)N([C@@H](CO)C(C)C)C(C(=O)Nc4c(C)cccc4C)C34CC[C@H]2O4)cc1. The van der Waals surface area contributed by atoms with Crippen molar-refractivity contribution in [3.63, 3.8) is 0 Å². The standard InChI is InChI=1S/C31H39N3O6/c1-6-39-21-12-10-20(11-13-21)32-28(36)24-23-14-15-31(40-23)25(24)30(38)34(22(16-35)17(2)3)27(31)29(37)33-26-18(4)8-7-9-19(26)5/h7-13,17,22-25,27,35H,6,14-16H2,1-5H3,(H,32,36)(H,33,37)/t22-,23+,24-,25-,27?,31?/m0/s1. The topological polar surface area (TPSA) is 117 Å². The number of likely N-dealkylation sites (tertiary alicyclic amines) is 1. The normalized spacial score (nSPS) is 27.6. The van der Waals surface area contributed by atoms with Crippen LogP contribution in [0.2, 0.25) is 0 Å². The number of carbonyl (C=O) groups excluding carboxylic acids is 3. The van der Waals surface area contributed by atoms with Gasteiger partial charge in [0.1, 0.15) is 17.4 Å². The molecule has 9 heteroatoms. The molecule has 2 bridgehead atoms. The van der Waals surface area contributed by atoms with Gasteiger partial charge in [0.05, 0.1) is 37.2 Å². The highest BCUT2D eigenvalue weighted by Gasteiger charge is 2.75. The van der Waals surface area contributed by atoms with E-state index in [1.807, 2.05) is 52.8 Å². The lowest BCUT2D eigenvalue weighted by molar-refractivity contribution is -0.144. The maximum atomic E-state index is 14.2. The smallest absolute Gasteiger partial charge is 0.250 e. The molecule has 0 radical (unpaired) electrons. The van der Waals surface area contributed by atoms with E-state index in [-0.39, 0.29) is 30.2 Å². The zero-order valence-electron chi connectivity index (χ0n) is 23.8. The number of amides is 3. The van der Waals surface area contributed by atoms with Crippen LogP contribution in [0.4, 0.5) is 11.4 Å². The number of nitrogens with one attached hydrogen (secondary N) is 2. The van der Waals surface area contributed by atoms with E-state index >= 15 is 0 Å². The molecule has 0 aliphatic carbocycles. The van der Waals surface area contributed by atoms with Crippen LogP contribution in [-0.2, 0) is 19.1 Å². The Morgan fingerprint density at radius 2 is 1.77 bits per heavy atom. The molecule has 3 N–H and O–H groups in total. The molecule has 40 heavy (non-hydrogen) atoms. The Kier molecular flexibility index (Phi) is 7.63. The van der Waals surface area contributed by atoms with Crippen molar-refractivity contribution >= 4 is 29.1 Å². The highest BCUT2D eigenvalue weighted by Crippen LogP contribution is 2.59. The summed E-state index contributed by atoms with van der Waals surface area (Å²) in [6.07, 6.45) is 0.580. The van der Waals surface area contributed by atoms with Gasteiger partial charge in [-0.05, 0) is 74.9 Å². The second-order valence-electron chi connectivity index (χ2n) is 11.5. The number of aryl methyl sites for hydroxylation is 2. The minimum absolute atomic E-state index is 0.118. The predicted octanol–water partition coefficient (Wildman–Crippen LogP) is 3.67. The van der Waals surface area contributed by atoms with E-state index in [0.717, 1.165) is 11.1 Å². The molecule has 2 aromatic rings. The quantitative estimate of drug-likeness (QED) is 0.440. The first-order valence-corrected chi connectivity index (χ1v) is 14.1. The fraction of sp³-hybridized carbons (Fsp3) is 0.516. The van der Waals surface area contributed by atoms with Crippen LogP contribution in [0.25, 0.3) is 0 Å². The van der Waals surface area contributed by atoms with E-state index in [2.05, 4.69) is 10.6 Å². The van der Waals surface area contributed by atoms with Gasteiger partial charge in [-0.15, -0.1) is 0 Å². The van der Waals surface area contributed by atoms with Gasteiger partial charge in [-0.1, -0.05) is 32.0 Å². The molecule has 3 saturated heterocycles. The second-order valence-corrected chi connectivity index (χ2v) is 11.5. The molecule has 0 saturated carbocycles. The number of carbonyl (C=O) groups is 3. The highest BCUT2D eigenvalue weighted by molar-refractivity contribution is 6.05. The number of aliphatic hydroxyl groups excluding tert-OH is 1. The van der Waals surface area contributed by atoms with Gasteiger partial charge in [0.2, 0.25) is 17.7 Å². The Bertz CT molecular complexity index is 1270. The summed E-state index contributed by atoms with van der Waals surface area (Å²) >= 11 is 0. The van der Waals surface area contributed by atoms with Crippen LogP contribution < -0.4 is 15.4 Å². The molecule has 9 nitrogen and oxygen atoms in total. The average Bonchev–Trinajstić information content (AvgIpc) is 3.55. The van der Waals surface area contributed by atoms with Gasteiger partial charge in [0.15, 0.2) is 0 Å². The van der Waals surface area contributed by atoms with Crippen molar-refractivity contribution in [2.75, 3.05) is 23.8 Å². The van der Waals surface area contributed by atoms with Crippen LogP contribution in [0.15, 0.2) is 42.5 Å². The Morgan fingerprint density at radius 1 is 1.10 bits per heavy atom. The largest absolute Gasteiger partial charge is 0.494 e. The van der Waals surface area contributed by atoms with E-state index in [1.54, 1.807) is 24.3 Å². The molecule has 214 valence electrons. The lowest BCUT2D eigenvalue weighted by Crippen LogP contribution is -2.57. The minimum atomic E-state index is -1.15. The van der Waals surface area contributed by atoms with Crippen LogP contribution in [0.3, 0.4) is 0 Å². The number of hydrogen-bond acceptors (Lipinski definition) is 6. The number of fused-ring (bicyclic) bond motifs is 1. The molecule has 3 fully saturated rings. The molecule has 6 atom stereocenters. The maximum absolute atomic E-state index is 14.2. The van der Waals surface area contributed by atoms with Crippen LogP contribution in [0.5, 0.6) is 5.75 Å². The predicted molar refractivity (Wildman–Crippen MR) is 151 cm³/mol. The highest BCUT2D eigenvalue weighted by atomic mass is 16.5. The summed E-state index contributed by atoms with van der Waals surface area (Å²) in [6, 6.07) is 11.3. The first kappa shape index (κ1) is 28.1. The van der Waals surface area contributed by atoms with Gasteiger partial charge >= 0.3 is 0 Å². The monoisotopic (exact) mass is 549 g/mol. The van der Waals surface area contributed by atoms with E-state index < -0.39 is 35.6 Å². The summed E-state index contributed by atoms with van der Waals surface area (Å²) in [6.45, 7) is 9.81. The summed E-state index contributed by atoms with van der Waals surface area (Å²) in [7, 11) is 0. The zero-order valence-corrected chi connectivity index (χ0v) is 23.8. The molecule has 3 aliphatic rings. The van der Waals surface area contributed by atoms with Crippen molar-refractivity contribution in [3.05, 3.63) is 53.6 Å². The number of para-hydroxylation sites is 1. The number of anilines is 2. The molecule has 3 aliphatic heterocycles. The number of rotatable bonds is 9. The third-order valence-electron chi connectivity index (χ3n) is 8.77. The second kappa shape index (κ2) is 10.9. The zero-order chi connectivity index (χ0) is 28.8. The molecule has 3 heterocycles. The van der Waals surface area contributed by atoms with Gasteiger partial charge < -0.3 is 30.1 Å². The van der Waals surface area contributed by atoms with Crippen LogP contribution in [-0.4, -0.2) is 64.7 Å². The first-order valence-electron chi connectivity index (χ1n) is 14.1. The van der Waals surface area contributed by atoms with E-state index in [4.69, 9.17) is 9.47 Å². The Hall–Kier alpha value is -3.43. The van der Waals surface area contributed by atoms with Crippen molar-refractivity contribution in [3.8, 4) is 5.75 Å². The summed E-state index contributed by atoms with van der Waals surface area (Å²) in [4.78, 5) is 43.5. The van der Waals surface area contributed by atoms with Gasteiger partial charge in [-0.2, -0.15) is 0 Å². The maximum Gasteiger partial charge on any atom is 0.250 e. The number of nitrogens with zero attached hydrogens (tertiary/aromatic N) is 1. The van der Waals surface area contributed by atoms with Gasteiger partial charge in [0, 0.05) is 11.4 Å². The van der Waals surface area contributed by atoms with Crippen molar-refractivity contribution in [1.29, 1.82) is 0 Å². The molecule has 1 spiro atoms. The van der Waals surface area contributed by atoms with Crippen molar-refractivity contribution < 1.29 is 29.0 Å². The van der Waals surface area contributed by atoms with E-state index in [9.17, 15) is 19.5 Å². The molecule has 3 amide bonds. The summed E-state index contributed by atoms with van der Waals surface area (Å²) < 4.78 is 12.0. The van der Waals surface area contributed by atoms with Crippen LogP contribution >= 0.6 is 0 Å². The van der Waals surface area contributed by atoms with Crippen LogP contribution in [0.1, 0.15) is 44.7 Å². The summed E-state index contributed by atoms with van der Waals surface area (Å²) in [5.41, 5.74) is 1.95. The third kappa shape index (κ3) is 4.55. The number of aliphatic hydroxyl groups is 1. The molecular formula is C31H39N3O6. The first-order chi connectivity index (χ1) is 19.1. The lowest BCUT2D eigenvalue weighted by atomic mass is 9.70. The molecular weight excluding hydrogens is 510 g/mol. The van der Waals surface area contributed by atoms with E-state index in [1.165, 1.54) is 4.90 Å². The van der Waals surface area contributed by atoms with E-state index in [0.29, 0.717) is 36.6 Å². The van der Waals surface area contributed by atoms with Crippen molar-refractivity contribution in [1.82, 2.24) is 4.90 Å². The molecule has 5 rings (SSSR count). The van der Waals surface area contributed by atoms with Crippen LogP contribution in [0, 0.1) is 31.6 Å². The fourth-order valence-electron chi connectivity index (χ4n) is 6.90. The average molecular weight is 550 g/mol. The Labute approximate surface area is 235 Å². The van der Waals surface area contributed by atoms with Gasteiger partial charge in [-0.25, -0.2) is 0 Å². The molecule has 2 aromatic carbocycles. The van der Waals surface area contributed by atoms with Crippen molar-refractivity contribution in [2.24, 2.45) is 17.8 Å². The number of benzene rings is 2. The van der Waals surface area contributed by atoms with Gasteiger partial charge in [-0.3, -0.25) is 14.4 Å². The number of ether oxygens (including phenoxy) is 2. The molecule has 0 aromatic heterocycles. The number of hydrogen-bond donors (Lipinski definition) is 3. The Balaban J connectivity index is 1.49. The summed E-state index contributed by atoms with van der Waals surface area (Å²) in [5.74, 6) is -1.98.